The average molecular weight is 394 g/mol. The van der Waals surface area contributed by atoms with E-state index in [2.05, 4.69) is 15.0 Å². The summed E-state index contributed by atoms with van der Waals surface area (Å²) in [6.07, 6.45) is 0. The van der Waals surface area contributed by atoms with Crippen molar-refractivity contribution in [3.05, 3.63) is 58.8 Å². The van der Waals surface area contributed by atoms with Crippen molar-refractivity contribution in [3.63, 3.8) is 0 Å². The Morgan fingerprint density at radius 3 is 2.79 bits per heavy atom. The lowest BCUT2D eigenvalue weighted by molar-refractivity contribution is 0.0587. The molecule has 1 fully saturated rings. The predicted octanol–water partition coefficient (Wildman–Crippen LogP) is 3.50. The molecule has 5 rings (SSSR count). The number of hydrogen-bond acceptors (Lipinski definition) is 7. The highest BCUT2D eigenvalue weighted by Crippen LogP contribution is 2.22. The van der Waals surface area contributed by atoms with E-state index >= 15 is 0 Å². The van der Waals surface area contributed by atoms with Crippen LogP contribution < -0.4 is 0 Å². The van der Waals surface area contributed by atoms with Crippen molar-refractivity contribution in [1.29, 1.82) is 0 Å². The lowest BCUT2D eigenvalue weighted by atomic mass is 10.2. The monoisotopic (exact) mass is 394 g/mol. The Morgan fingerprint density at radius 1 is 1.14 bits per heavy atom. The van der Waals surface area contributed by atoms with E-state index in [1.54, 1.807) is 11.3 Å². The molecule has 0 atom stereocenters. The van der Waals surface area contributed by atoms with Gasteiger partial charge in [-0.15, -0.1) is 0 Å². The summed E-state index contributed by atoms with van der Waals surface area (Å²) < 4.78 is 11.1. The minimum absolute atomic E-state index is 0.0617. The molecule has 8 heteroatoms. The summed E-state index contributed by atoms with van der Waals surface area (Å²) in [6, 6.07) is 11.4. The van der Waals surface area contributed by atoms with Crippen molar-refractivity contribution in [1.82, 2.24) is 19.9 Å². The number of fused-ring (bicyclic) bond motifs is 1. The number of furan rings is 1. The van der Waals surface area contributed by atoms with Gasteiger partial charge in [-0.1, -0.05) is 23.4 Å². The molecule has 1 aromatic carbocycles. The molecule has 0 unspecified atom stereocenters. The van der Waals surface area contributed by atoms with Gasteiger partial charge in [-0.25, -0.2) is 0 Å². The molecule has 142 valence electrons. The van der Waals surface area contributed by atoms with Crippen LogP contribution in [0.2, 0.25) is 0 Å². The third kappa shape index (κ3) is 3.32. The third-order valence-electron chi connectivity index (χ3n) is 4.90. The normalized spacial score (nSPS) is 15.4. The molecule has 0 bridgehead atoms. The smallest absolute Gasteiger partial charge is 0.289 e. The molecular weight excluding hydrogens is 376 g/mol. The lowest BCUT2D eigenvalue weighted by Gasteiger charge is -2.33. The number of hydrogen-bond donors (Lipinski definition) is 0. The van der Waals surface area contributed by atoms with E-state index < -0.39 is 0 Å². The van der Waals surface area contributed by atoms with Gasteiger partial charge in [0.1, 0.15) is 5.58 Å². The van der Waals surface area contributed by atoms with Gasteiger partial charge < -0.3 is 13.8 Å². The van der Waals surface area contributed by atoms with Crippen LogP contribution in [0, 0.1) is 0 Å². The topological polar surface area (TPSA) is 75.6 Å². The summed E-state index contributed by atoms with van der Waals surface area (Å²) in [4.78, 5) is 21.3. The Hall–Kier alpha value is -2.97. The summed E-state index contributed by atoms with van der Waals surface area (Å²) in [6.45, 7) is 3.37. The second-order valence-electron chi connectivity index (χ2n) is 6.74. The first kappa shape index (κ1) is 17.2. The Labute approximate surface area is 165 Å². The molecule has 0 aliphatic carbocycles. The molecule has 1 aliphatic heterocycles. The van der Waals surface area contributed by atoms with Crippen molar-refractivity contribution in [3.8, 4) is 11.4 Å². The van der Waals surface area contributed by atoms with Gasteiger partial charge >= 0.3 is 0 Å². The molecule has 3 aromatic heterocycles. The van der Waals surface area contributed by atoms with Gasteiger partial charge in [-0.3, -0.25) is 9.69 Å². The molecule has 0 N–H and O–H groups in total. The zero-order valence-corrected chi connectivity index (χ0v) is 15.9. The van der Waals surface area contributed by atoms with Crippen LogP contribution in [0.5, 0.6) is 0 Å². The van der Waals surface area contributed by atoms with Gasteiger partial charge in [0.2, 0.25) is 11.7 Å². The number of piperazine rings is 1. The summed E-state index contributed by atoms with van der Waals surface area (Å²) in [7, 11) is 0. The highest BCUT2D eigenvalue weighted by molar-refractivity contribution is 7.08. The third-order valence-corrected chi connectivity index (χ3v) is 5.59. The number of aromatic nitrogens is 2. The van der Waals surface area contributed by atoms with Crippen molar-refractivity contribution < 1.29 is 13.7 Å². The molecule has 7 nitrogen and oxygen atoms in total. The molecule has 0 saturated carbocycles. The fourth-order valence-electron chi connectivity index (χ4n) is 3.37. The van der Waals surface area contributed by atoms with Gasteiger partial charge in [0.25, 0.3) is 5.91 Å². The highest BCUT2D eigenvalue weighted by atomic mass is 32.1. The molecule has 1 amide bonds. The number of nitrogens with zero attached hydrogens (tertiary/aromatic N) is 4. The van der Waals surface area contributed by atoms with E-state index in [4.69, 9.17) is 8.94 Å². The Bertz CT molecular complexity index is 1060. The minimum atomic E-state index is -0.0617. The van der Waals surface area contributed by atoms with Gasteiger partial charge in [0.15, 0.2) is 5.76 Å². The van der Waals surface area contributed by atoms with Crippen molar-refractivity contribution in [2.45, 2.75) is 6.54 Å². The fraction of sp³-hybridized carbons (Fsp3) is 0.250. The van der Waals surface area contributed by atoms with Gasteiger partial charge in [0, 0.05) is 42.5 Å². The minimum Gasteiger partial charge on any atom is -0.451 e. The van der Waals surface area contributed by atoms with E-state index in [0.29, 0.717) is 37.1 Å². The fourth-order valence-corrected chi connectivity index (χ4v) is 4.01. The highest BCUT2D eigenvalue weighted by Gasteiger charge is 2.25. The number of rotatable bonds is 4. The van der Waals surface area contributed by atoms with Crippen LogP contribution in [-0.2, 0) is 6.54 Å². The van der Waals surface area contributed by atoms with Crippen molar-refractivity contribution >= 4 is 28.2 Å². The van der Waals surface area contributed by atoms with Crippen LogP contribution in [0.15, 0.2) is 56.1 Å². The number of amides is 1. The zero-order chi connectivity index (χ0) is 18.9. The van der Waals surface area contributed by atoms with Crippen LogP contribution in [0.1, 0.15) is 16.4 Å². The van der Waals surface area contributed by atoms with Crippen LogP contribution in [0.25, 0.3) is 22.4 Å². The number of thiophene rings is 1. The summed E-state index contributed by atoms with van der Waals surface area (Å²) in [5.41, 5.74) is 1.71. The maximum Gasteiger partial charge on any atom is 0.289 e. The van der Waals surface area contributed by atoms with Crippen LogP contribution in [0.4, 0.5) is 0 Å². The first-order valence-corrected chi connectivity index (χ1v) is 10.1. The van der Waals surface area contributed by atoms with Gasteiger partial charge in [0.05, 0.1) is 6.54 Å². The molecule has 0 spiro atoms. The Morgan fingerprint density at radius 2 is 2.00 bits per heavy atom. The maximum absolute atomic E-state index is 12.7. The van der Waals surface area contributed by atoms with Crippen molar-refractivity contribution in [2.24, 2.45) is 0 Å². The van der Waals surface area contributed by atoms with E-state index in [9.17, 15) is 4.79 Å². The maximum atomic E-state index is 12.7. The van der Waals surface area contributed by atoms with Gasteiger partial charge in [-0.05, 0) is 23.6 Å². The standard InChI is InChI=1S/C20H18N4O3S/c25-20(17-11-14-3-1-2-4-16(14)26-17)24-8-6-23(7-9-24)12-18-21-19(22-27-18)15-5-10-28-13-15/h1-5,10-11,13H,6-9,12H2. The van der Waals surface area contributed by atoms with Crippen LogP contribution >= 0.6 is 11.3 Å². The molecule has 0 radical (unpaired) electrons. The Kier molecular flexibility index (Phi) is 4.42. The first-order valence-electron chi connectivity index (χ1n) is 9.11. The lowest BCUT2D eigenvalue weighted by Crippen LogP contribution is -2.48. The predicted molar refractivity (Wildman–Crippen MR) is 105 cm³/mol. The van der Waals surface area contributed by atoms with E-state index in [0.717, 1.165) is 29.6 Å². The molecule has 1 saturated heterocycles. The molecule has 4 aromatic rings. The van der Waals surface area contributed by atoms with Crippen LogP contribution in [-0.4, -0.2) is 52.0 Å². The summed E-state index contributed by atoms with van der Waals surface area (Å²) >= 11 is 1.60. The second kappa shape index (κ2) is 7.21. The number of carbonyl (C=O) groups excluding carboxylic acids is 1. The number of para-hydroxylation sites is 1. The molecule has 28 heavy (non-hydrogen) atoms. The quantitative estimate of drug-likeness (QED) is 0.527. The van der Waals surface area contributed by atoms with Crippen LogP contribution in [0.3, 0.4) is 0 Å². The molecule has 1 aliphatic rings. The largest absolute Gasteiger partial charge is 0.451 e. The number of carbonyl (C=O) groups is 1. The van der Waals surface area contributed by atoms with E-state index in [1.807, 2.05) is 52.1 Å². The van der Waals surface area contributed by atoms with E-state index in [-0.39, 0.29) is 5.91 Å². The summed E-state index contributed by atoms with van der Waals surface area (Å²) in [5, 5.41) is 8.98. The van der Waals surface area contributed by atoms with E-state index in [1.165, 1.54) is 0 Å². The molecular formula is C20H18N4O3S. The first-order chi connectivity index (χ1) is 13.8. The second-order valence-corrected chi connectivity index (χ2v) is 7.52. The van der Waals surface area contributed by atoms with Gasteiger partial charge in [-0.2, -0.15) is 16.3 Å². The SMILES string of the molecule is O=C(c1cc2ccccc2o1)N1CCN(Cc2nc(-c3ccsc3)no2)CC1. The average Bonchev–Trinajstić information content (AvgIpc) is 3.47. The Balaban J connectivity index is 1.20. The molecule has 4 heterocycles. The number of benzene rings is 1. The zero-order valence-electron chi connectivity index (χ0n) is 15.1. The summed E-state index contributed by atoms with van der Waals surface area (Å²) in [5.74, 6) is 1.55. The van der Waals surface area contributed by atoms with Crippen molar-refractivity contribution in [2.75, 3.05) is 26.2 Å².